The molecule has 0 saturated heterocycles. The first kappa shape index (κ1) is 20.9. The minimum absolute atomic E-state index is 0.563. The van der Waals surface area contributed by atoms with Crippen LogP contribution in [0.5, 0.6) is 0 Å². The highest BCUT2D eigenvalue weighted by Gasteiger charge is 2.14. The summed E-state index contributed by atoms with van der Waals surface area (Å²) in [6, 6.07) is 41.4. The summed E-state index contributed by atoms with van der Waals surface area (Å²) in [5, 5.41) is 4.79. The summed E-state index contributed by atoms with van der Waals surface area (Å²) in [7, 11) is 0. The van der Waals surface area contributed by atoms with Crippen molar-refractivity contribution in [3.8, 4) is 34.0 Å². The van der Waals surface area contributed by atoms with Crippen LogP contribution in [0.2, 0.25) is 0 Å². The van der Waals surface area contributed by atoms with E-state index in [9.17, 15) is 0 Å². The number of rotatable bonds is 3. The Morgan fingerprint density at radius 2 is 0.789 bits per heavy atom. The van der Waals surface area contributed by atoms with E-state index in [1.807, 2.05) is 42.5 Å². The van der Waals surface area contributed by atoms with Crippen LogP contribution in [-0.2, 0) is 0 Å². The summed E-state index contributed by atoms with van der Waals surface area (Å²) in [4.78, 5) is 9.58. The van der Waals surface area contributed by atoms with E-state index in [1.165, 1.54) is 16.2 Å². The summed E-state index contributed by atoms with van der Waals surface area (Å²) in [5.74, 6) is 1.16. The highest BCUT2D eigenvalue weighted by Crippen LogP contribution is 2.33. The molecule has 4 heteroatoms. The lowest BCUT2D eigenvalue weighted by atomic mass is 10.0. The minimum atomic E-state index is 0.563. The second-order valence-corrected chi connectivity index (χ2v) is 9.53. The van der Waals surface area contributed by atoms with E-state index in [2.05, 4.69) is 78.9 Å². The first-order valence-corrected chi connectivity index (χ1v) is 12.6. The lowest BCUT2D eigenvalue weighted by molar-refractivity contribution is 0.618. The second-order valence-electron chi connectivity index (χ2n) is 9.53. The Morgan fingerprint density at radius 3 is 1.42 bits per heavy atom. The minimum Gasteiger partial charge on any atom is -0.436 e. The fourth-order valence-electron chi connectivity index (χ4n) is 5.11. The summed E-state index contributed by atoms with van der Waals surface area (Å²) in [5.41, 5.74) is 7.14. The highest BCUT2D eigenvalue weighted by molar-refractivity contribution is 5.90. The molecule has 0 aliphatic rings. The van der Waals surface area contributed by atoms with Gasteiger partial charge in [-0.05, 0) is 81.2 Å². The number of hydrogen-bond donors (Lipinski definition) is 0. The topological polar surface area (TPSA) is 52.1 Å². The molecular formula is C34H20N2O2. The van der Waals surface area contributed by atoms with Gasteiger partial charge in [0.15, 0.2) is 11.2 Å². The van der Waals surface area contributed by atoms with Crippen molar-refractivity contribution in [1.82, 2.24) is 9.97 Å². The third-order valence-electron chi connectivity index (χ3n) is 7.10. The maximum absolute atomic E-state index is 6.13. The summed E-state index contributed by atoms with van der Waals surface area (Å²) in [6.45, 7) is 0. The maximum atomic E-state index is 6.13. The zero-order valence-corrected chi connectivity index (χ0v) is 20.3. The molecule has 2 heterocycles. The molecule has 0 radical (unpaired) electrons. The van der Waals surface area contributed by atoms with Crippen molar-refractivity contribution in [2.75, 3.05) is 0 Å². The molecule has 0 N–H and O–H groups in total. The monoisotopic (exact) mass is 488 g/mol. The van der Waals surface area contributed by atoms with Crippen molar-refractivity contribution in [2.24, 2.45) is 0 Å². The van der Waals surface area contributed by atoms with Crippen molar-refractivity contribution in [3.05, 3.63) is 121 Å². The lowest BCUT2D eigenvalue weighted by Gasteiger charge is -2.04. The predicted octanol–water partition coefficient (Wildman–Crippen LogP) is 9.28. The first-order chi connectivity index (χ1) is 18.8. The largest absolute Gasteiger partial charge is 0.436 e. The fraction of sp³-hybridized carbons (Fsp3) is 0. The van der Waals surface area contributed by atoms with Gasteiger partial charge < -0.3 is 8.83 Å². The predicted molar refractivity (Wildman–Crippen MR) is 153 cm³/mol. The molecular weight excluding hydrogens is 468 g/mol. The summed E-state index contributed by atoms with van der Waals surface area (Å²) < 4.78 is 12.2. The third-order valence-corrected chi connectivity index (χ3v) is 7.10. The van der Waals surface area contributed by atoms with Gasteiger partial charge in [0, 0.05) is 11.1 Å². The molecule has 2 aromatic heterocycles. The number of hydrogen-bond acceptors (Lipinski definition) is 4. The van der Waals surface area contributed by atoms with Crippen molar-refractivity contribution in [1.29, 1.82) is 0 Å². The van der Waals surface area contributed by atoms with Gasteiger partial charge in [0.25, 0.3) is 0 Å². The van der Waals surface area contributed by atoms with Crippen molar-refractivity contribution in [2.45, 2.75) is 0 Å². The van der Waals surface area contributed by atoms with Gasteiger partial charge in [0.2, 0.25) is 11.8 Å². The number of benzene rings is 6. The molecule has 0 aliphatic carbocycles. The van der Waals surface area contributed by atoms with Crippen LogP contribution in [0.3, 0.4) is 0 Å². The van der Waals surface area contributed by atoms with Gasteiger partial charge in [0.05, 0.1) is 0 Å². The van der Waals surface area contributed by atoms with Gasteiger partial charge in [-0.3, -0.25) is 0 Å². The maximum Gasteiger partial charge on any atom is 0.227 e. The molecule has 6 aromatic carbocycles. The van der Waals surface area contributed by atoms with Gasteiger partial charge in [-0.1, -0.05) is 72.8 Å². The molecule has 0 amide bonds. The number of nitrogens with zero attached hydrogens (tertiary/aromatic N) is 2. The van der Waals surface area contributed by atoms with Crippen LogP contribution in [-0.4, -0.2) is 9.97 Å². The van der Waals surface area contributed by atoms with E-state index in [-0.39, 0.29) is 0 Å². The summed E-state index contributed by atoms with van der Waals surface area (Å²) >= 11 is 0. The number of aromatic nitrogens is 2. The Balaban J connectivity index is 1.15. The van der Waals surface area contributed by atoms with Crippen molar-refractivity contribution in [3.63, 3.8) is 0 Å². The molecule has 0 saturated carbocycles. The second kappa shape index (κ2) is 8.15. The van der Waals surface area contributed by atoms with Gasteiger partial charge >= 0.3 is 0 Å². The molecule has 178 valence electrons. The van der Waals surface area contributed by atoms with Gasteiger partial charge in [-0.25, -0.2) is 9.97 Å². The molecule has 0 fully saturated rings. The van der Waals surface area contributed by atoms with Crippen LogP contribution < -0.4 is 0 Å². The SMILES string of the molecule is c1ccc2cc(-c3ccc4oc(-c5ccc6oc(-c7ccc8ccccc8c7)nc6c5)nc4c3)ccc2c1. The van der Waals surface area contributed by atoms with Crippen LogP contribution in [0.1, 0.15) is 0 Å². The standard InChI is InChI=1S/C34H20N2O2/c1-3-7-23-17-25(11-9-21(23)5-1)26-13-15-31-29(19-26)35-34(38-31)28-14-16-32-30(20-28)36-33(37-32)27-12-10-22-6-2-4-8-24(22)18-27/h1-20H. The zero-order valence-electron chi connectivity index (χ0n) is 20.3. The Hall–Kier alpha value is -5.22. The van der Waals surface area contributed by atoms with E-state index in [0.29, 0.717) is 11.8 Å². The molecule has 0 spiro atoms. The Kier molecular flexibility index (Phi) is 4.49. The normalized spacial score (nSPS) is 11.7. The van der Waals surface area contributed by atoms with E-state index < -0.39 is 0 Å². The Labute approximate surface area is 217 Å². The zero-order chi connectivity index (χ0) is 25.1. The van der Waals surface area contributed by atoms with Gasteiger partial charge in [0.1, 0.15) is 11.0 Å². The highest BCUT2D eigenvalue weighted by atomic mass is 16.4. The molecule has 0 atom stereocenters. The summed E-state index contributed by atoms with van der Waals surface area (Å²) in [6.07, 6.45) is 0. The lowest BCUT2D eigenvalue weighted by Crippen LogP contribution is -1.80. The van der Waals surface area contributed by atoms with Crippen LogP contribution in [0.15, 0.2) is 130 Å². The number of oxazole rings is 2. The van der Waals surface area contributed by atoms with E-state index >= 15 is 0 Å². The van der Waals surface area contributed by atoms with Gasteiger partial charge in [-0.15, -0.1) is 0 Å². The van der Waals surface area contributed by atoms with Crippen LogP contribution in [0.4, 0.5) is 0 Å². The molecule has 8 rings (SSSR count). The number of fused-ring (bicyclic) bond motifs is 4. The van der Waals surface area contributed by atoms with E-state index in [4.69, 9.17) is 18.8 Å². The smallest absolute Gasteiger partial charge is 0.227 e. The molecule has 38 heavy (non-hydrogen) atoms. The van der Waals surface area contributed by atoms with Crippen LogP contribution >= 0.6 is 0 Å². The Morgan fingerprint density at radius 1 is 0.368 bits per heavy atom. The van der Waals surface area contributed by atoms with Crippen molar-refractivity contribution < 1.29 is 8.83 Å². The Bertz CT molecular complexity index is 2070. The fourth-order valence-corrected chi connectivity index (χ4v) is 5.11. The average molecular weight is 489 g/mol. The molecule has 0 unspecified atom stereocenters. The third kappa shape index (κ3) is 3.46. The van der Waals surface area contributed by atoms with Crippen molar-refractivity contribution >= 4 is 43.7 Å². The average Bonchev–Trinajstić information content (AvgIpc) is 3.60. The van der Waals surface area contributed by atoms with Crippen LogP contribution in [0, 0.1) is 0 Å². The van der Waals surface area contributed by atoms with Crippen LogP contribution in [0.25, 0.3) is 77.8 Å². The molecule has 4 nitrogen and oxygen atoms in total. The van der Waals surface area contributed by atoms with E-state index in [1.54, 1.807) is 0 Å². The molecule has 0 bridgehead atoms. The quantitative estimate of drug-likeness (QED) is 0.249. The first-order valence-electron chi connectivity index (χ1n) is 12.6. The van der Waals surface area contributed by atoms with E-state index in [0.717, 1.165) is 49.8 Å². The van der Waals surface area contributed by atoms with Gasteiger partial charge in [-0.2, -0.15) is 0 Å². The molecule has 0 aliphatic heterocycles. The molecule has 8 aromatic rings.